The molecule has 0 heterocycles. The number of hydrogen-bond acceptors (Lipinski definition) is 3. The summed E-state index contributed by atoms with van der Waals surface area (Å²) in [4.78, 5) is 0. The minimum atomic E-state index is -2.86. The largest absolute Gasteiger partial charge is 0.310 e. The molecule has 1 aromatic carbocycles. The van der Waals surface area contributed by atoms with Gasteiger partial charge >= 0.3 is 0 Å². The summed E-state index contributed by atoms with van der Waals surface area (Å²) in [6.07, 6.45) is 3.89. The van der Waals surface area contributed by atoms with E-state index in [1.54, 1.807) is 0 Å². The molecule has 1 rings (SSSR count). The maximum absolute atomic E-state index is 11.2. The van der Waals surface area contributed by atoms with Gasteiger partial charge < -0.3 is 5.32 Å². The van der Waals surface area contributed by atoms with E-state index < -0.39 is 9.84 Å². The first kappa shape index (κ1) is 16.2. The summed E-state index contributed by atoms with van der Waals surface area (Å²) in [6, 6.07) is 8.84. The molecule has 0 saturated carbocycles. The van der Waals surface area contributed by atoms with E-state index in [0.29, 0.717) is 6.42 Å². The van der Waals surface area contributed by atoms with Crippen molar-refractivity contribution in [1.82, 2.24) is 5.32 Å². The summed E-state index contributed by atoms with van der Waals surface area (Å²) >= 11 is 0. The first-order chi connectivity index (χ1) is 8.96. The van der Waals surface area contributed by atoms with Crippen LogP contribution in [0, 0.1) is 0 Å². The van der Waals surface area contributed by atoms with Crippen molar-refractivity contribution in [1.29, 1.82) is 0 Å². The van der Waals surface area contributed by atoms with Gasteiger partial charge in [0.1, 0.15) is 9.84 Å². The molecule has 0 bridgehead atoms. The lowest BCUT2D eigenvalue weighted by Crippen LogP contribution is -2.21. The number of nitrogens with one attached hydrogen (secondary N) is 1. The molecule has 3 nitrogen and oxygen atoms in total. The normalized spacial score (nSPS) is 13.4. The molecular weight excluding hydrogens is 258 g/mol. The molecule has 0 radical (unpaired) electrons. The summed E-state index contributed by atoms with van der Waals surface area (Å²) in [7, 11) is -2.86. The van der Waals surface area contributed by atoms with Crippen LogP contribution in [0.2, 0.25) is 0 Å². The van der Waals surface area contributed by atoms with Crippen LogP contribution in [0.5, 0.6) is 0 Å². The lowest BCUT2D eigenvalue weighted by Gasteiger charge is -2.18. The quantitative estimate of drug-likeness (QED) is 0.798. The van der Waals surface area contributed by atoms with E-state index in [-0.39, 0.29) is 11.8 Å². The first-order valence-corrected chi connectivity index (χ1v) is 9.02. The maximum Gasteiger partial charge on any atom is 0.147 e. The second kappa shape index (κ2) is 7.65. The molecule has 1 aromatic rings. The highest BCUT2D eigenvalue weighted by Gasteiger charge is 2.11. The van der Waals surface area contributed by atoms with Gasteiger partial charge in [0.25, 0.3) is 0 Å². The Labute approximate surface area is 117 Å². The Morgan fingerprint density at radius 2 is 1.79 bits per heavy atom. The van der Waals surface area contributed by atoms with Gasteiger partial charge in [0.15, 0.2) is 0 Å². The fourth-order valence-corrected chi connectivity index (χ4v) is 2.86. The number of aryl methyl sites for hydroxylation is 1. The monoisotopic (exact) mass is 283 g/mol. The van der Waals surface area contributed by atoms with Crippen molar-refractivity contribution >= 4 is 9.84 Å². The molecule has 4 heteroatoms. The molecule has 1 N–H and O–H groups in total. The smallest absolute Gasteiger partial charge is 0.147 e. The first-order valence-electron chi connectivity index (χ1n) is 6.96. The molecule has 1 atom stereocenters. The lowest BCUT2D eigenvalue weighted by atomic mass is 10.0. The van der Waals surface area contributed by atoms with Crippen LogP contribution in [0.25, 0.3) is 0 Å². The van der Waals surface area contributed by atoms with Gasteiger partial charge in [0.2, 0.25) is 0 Å². The predicted molar refractivity (Wildman–Crippen MR) is 81.2 cm³/mol. The van der Waals surface area contributed by atoms with Crippen molar-refractivity contribution in [2.24, 2.45) is 0 Å². The van der Waals surface area contributed by atoms with E-state index in [1.165, 1.54) is 17.4 Å². The fraction of sp³-hybridized carbons (Fsp3) is 0.600. The van der Waals surface area contributed by atoms with Crippen molar-refractivity contribution in [3.05, 3.63) is 35.4 Å². The predicted octanol–water partition coefficient (Wildman–Crippen LogP) is 2.72. The Hall–Kier alpha value is -0.870. The van der Waals surface area contributed by atoms with Crippen molar-refractivity contribution in [3.8, 4) is 0 Å². The van der Waals surface area contributed by atoms with E-state index in [4.69, 9.17) is 0 Å². The average molecular weight is 283 g/mol. The highest BCUT2D eigenvalue weighted by molar-refractivity contribution is 7.90. The number of benzene rings is 1. The zero-order valence-corrected chi connectivity index (χ0v) is 13.0. The second-order valence-corrected chi connectivity index (χ2v) is 7.24. The highest BCUT2D eigenvalue weighted by atomic mass is 32.2. The minimum absolute atomic E-state index is 0.248. The Morgan fingerprint density at radius 1 is 1.16 bits per heavy atom. The highest BCUT2D eigenvalue weighted by Crippen LogP contribution is 2.19. The van der Waals surface area contributed by atoms with E-state index in [9.17, 15) is 8.42 Å². The standard InChI is InChI=1S/C15H25NO2S/c1-4-13-8-10-14(11-9-13)15(16-5-2)7-6-12-19(3,17)18/h8-11,15-16H,4-7,12H2,1-3H3. The van der Waals surface area contributed by atoms with Crippen LogP contribution in [-0.2, 0) is 16.3 Å². The third-order valence-electron chi connectivity index (χ3n) is 3.25. The minimum Gasteiger partial charge on any atom is -0.310 e. The Kier molecular flexibility index (Phi) is 6.52. The van der Waals surface area contributed by atoms with Gasteiger partial charge in [-0.15, -0.1) is 0 Å². The topological polar surface area (TPSA) is 46.2 Å². The number of hydrogen-bond donors (Lipinski definition) is 1. The molecule has 1 unspecified atom stereocenters. The zero-order chi connectivity index (χ0) is 14.3. The molecule has 0 spiro atoms. The fourth-order valence-electron chi connectivity index (χ4n) is 2.17. The molecule has 0 amide bonds. The molecule has 0 aliphatic carbocycles. The molecule has 19 heavy (non-hydrogen) atoms. The van der Waals surface area contributed by atoms with E-state index >= 15 is 0 Å². The van der Waals surface area contributed by atoms with E-state index in [0.717, 1.165) is 19.4 Å². The summed E-state index contributed by atoms with van der Waals surface area (Å²) in [5.74, 6) is 0.266. The van der Waals surface area contributed by atoms with Crippen LogP contribution in [0.3, 0.4) is 0 Å². The van der Waals surface area contributed by atoms with Gasteiger partial charge in [0.05, 0.1) is 0 Å². The molecule has 0 aliphatic heterocycles. The lowest BCUT2D eigenvalue weighted by molar-refractivity contribution is 0.507. The van der Waals surface area contributed by atoms with Crippen molar-refractivity contribution in [2.75, 3.05) is 18.6 Å². The average Bonchev–Trinajstić information content (AvgIpc) is 2.36. The number of sulfone groups is 1. The van der Waals surface area contributed by atoms with Crippen LogP contribution < -0.4 is 5.32 Å². The summed E-state index contributed by atoms with van der Waals surface area (Å²) < 4.78 is 22.3. The third-order valence-corrected chi connectivity index (χ3v) is 4.28. The summed E-state index contributed by atoms with van der Waals surface area (Å²) in [6.45, 7) is 5.10. The van der Waals surface area contributed by atoms with Crippen molar-refractivity contribution in [2.45, 2.75) is 39.2 Å². The van der Waals surface area contributed by atoms with Crippen molar-refractivity contribution < 1.29 is 8.42 Å². The maximum atomic E-state index is 11.2. The molecule has 0 aliphatic rings. The third kappa shape index (κ3) is 6.21. The van der Waals surface area contributed by atoms with Gasteiger partial charge in [-0.2, -0.15) is 0 Å². The van der Waals surface area contributed by atoms with Gasteiger partial charge in [-0.1, -0.05) is 38.1 Å². The molecule has 108 valence electrons. The van der Waals surface area contributed by atoms with Crippen LogP contribution in [0.4, 0.5) is 0 Å². The van der Waals surface area contributed by atoms with Gasteiger partial charge in [-0.3, -0.25) is 0 Å². The van der Waals surface area contributed by atoms with Crippen LogP contribution in [0.15, 0.2) is 24.3 Å². The van der Waals surface area contributed by atoms with E-state index in [2.05, 4.69) is 43.4 Å². The van der Waals surface area contributed by atoms with Crippen molar-refractivity contribution in [3.63, 3.8) is 0 Å². The van der Waals surface area contributed by atoms with Crippen LogP contribution in [-0.4, -0.2) is 27.0 Å². The number of rotatable bonds is 8. The SMILES string of the molecule is CCNC(CCCS(C)(=O)=O)c1ccc(CC)cc1. The Balaban J connectivity index is 2.65. The zero-order valence-electron chi connectivity index (χ0n) is 12.1. The van der Waals surface area contributed by atoms with Gasteiger partial charge in [0, 0.05) is 18.1 Å². The molecular formula is C15H25NO2S. The van der Waals surface area contributed by atoms with Crippen LogP contribution in [0.1, 0.15) is 43.9 Å². The molecule has 0 saturated heterocycles. The summed E-state index contributed by atoms with van der Waals surface area (Å²) in [5, 5.41) is 3.43. The van der Waals surface area contributed by atoms with Crippen LogP contribution >= 0.6 is 0 Å². The Morgan fingerprint density at radius 3 is 2.26 bits per heavy atom. The van der Waals surface area contributed by atoms with Gasteiger partial charge in [-0.25, -0.2) is 8.42 Å². The second-order valence-electron chi connectivity index (χ2n) is 4.98. The Bertz CT molecular complexity index is 465. The summed E-state index contributed by atoms with van der Waals surface area (Å²) in [5.41, 5.74) is 2.57. The van der Waals surface area contributed by atoms with Gasteiger partial charge in [-0.05, 0) is 36.9 Å². The molecule has 0 fully saturated rings. The molecule has 0 aromatic heterocycles. The van der Waals surface area contributed by atoms with E-state index in [1.807, 2.05) is 0 Å².